The van der Waals surface area contributed by atoms with Crippen molar-refractivity contribution in [3.05, 3.63) is 0 Å². The molecule has 0 radical (unpaired) electrons. The van der Waals surface area contributed by atoms with Gasteiger partial charge in [0.25, 0.3) is 0 Å². The normalized spacial score (nSPS) is 34.2. The Kier molecular flexibility index (Phi) is 2.89. The summed E-state index contributed by atoms with van der Waals surface area (Å²) < 4.78 is 0. The predicted molar refractivity (Wildman–Crippen MR) is 55.6 cm³/mol. The minimum absolute atomic E-state index is 0.392. The lowest BCUT2D eigenvalue weighted by Crippen LogP contribution is -2.49. The number of hydrogen-bond donors (Lipinski definition) is 1. The van der Waals surface area contributed by atoms with E-state index in [1.165, 1.54) is 45.2 Å². The van der Waals surface area contributed by atoms with E-state index in [2.05, 4.69) is 11.8 Å². The number of hydrogen-bond acceptors (Lipinski definition) is 2. The topological polar surface area (TPSA) is 29.3 Å². The summed E-state index contributed by atoms with van der Waals surface area (Å²) in [5.74, 6) is 0.759. The molecule has 2 aliphatic rings. The molecule has 0 aromatic carbocycles. The zero-order chi connectivity index (χ0) is 9.26. The standard InChI is InChI=1S/C11H22N2/c1-9(12)10-4-3-7-13(8-10)11-5-2-6-11/h9-11H,2-8,12H2,1H3. The molecule has 0 bridgehead atoms. The quantitative estimate of drug-likeness (QED) is 0.703. The van der Waals surface area contributed by atoms with Crippen LogP contribution >= 0.6 is 0 Å². The van der Waals surface area contributed by atoms with E-state index in [1.54, 1.807) is 0 Å². The fraction of sp³-hybridized carbons (Fsp3) is 1.00. The summed E-state index contributed by atoms with van der Waals surface area (Å²) in [6.07, 6.45) is 7.03. The minimum Gasteiger partial charge on any atom is -0.328 e. The first kappa shape index (κ1) is 9.47. The molecule has 2 heteroatoms. The number of rotatable bonds is 2. The maximum atomic E-state index is 5.96. The molecule has 2 unspecified atom stereocenters. The number of piperidine rings is 1. The summed E-state index contributed by atoms with van der Waals surface area (Å²) in [6, 6.07) is 1.31. The van der Waals surface area contributed by atoms with Gasteiger partial charge in [0.2, 0.25) is 0 Å². The Morgan fingerprint density at radius 3 is 2.54 bits per heavy atom. The van der Waals surface area contributed by atoms with Gasteiger partial charge in [0.15, 0.2) is 0 Å². The molecule has 1 aliphatic heterocycles. The largest absolute Gasteiger partial charge is 0.328 e. The van der Waals surface area contributed by atoms with Crippen LogP contribution in [0.3, 0.4) is 0 Å². The van der Waals surface area contributed by atoms with Crippen LogP contribution < -0.4 is 5.73 Å². The summed E-state index contributed by atoms with van der Waals surface area (Å²) in [5, 5.41) is 0. The van der Waals surface area contributed by atoms with E-state index in [0.29, 0.717) is 6.04 Å². The van der Waals surface area contributed by atoms with Crippen molar-refractivity contribution in [1.82, 2.24) is 4.90 Å². The van der Waals surface area contributed by atoms with Gasteiger partial charge in [0, 0.05) is 18.6 Å². The van der Waals surface area contributed by atoms with Gasteiger partial charge in [0.1, 0.15) is 0 Å². The van der Waals surface area contributed by atoms with Gasteiger partial charge in [-0.15, -0.1) is 0 Å². The van der Waals surface area contributed by atoms with Crippen LogP contribution in [0.2, 0.25) is 0 Å². The monoisotopic (exact) mass is 182 g/mol. The summed E-state index contributed by atoms with van der Waals surface area (Å²) >= 11 is 0. The van der Waals surface area contributed by atoms with Gasteiger partial charge in [-0.1, -0.05) is 6.42 Å². The fourth-order valence-electron chi connectivity index (χ4n) is 2.55. The fourth-order valence-corrected chi connectivity index (χ4v) is 2.55. The third-order valence-electron chi connectivity index (χ3n) is 3.82. The van der Waals surface area contributed by atoms with Crippen LogP contribution in [-0.2, 0) is 0 Å². The highest BCUT2D eigenvalue weighted by atomic mass is 15.2. The Hall–Kier alpha value is -0.0800. The second-order valence-corrected chi connectivity index (χ2v) is 4.84. The molecule has 2 nitrogen and oxygen atoms in total. The van der Waals surface area contributed by atoms with Gasteiger partial charge in [-0.05, 0) is 45.1 Å². The van der Waals surface area contributed by atoms with Crippen LogP contribution in [0.1, 0.15) is 39.0 Å². The Bertz CT molecular complexity index is 163. The molecule has 76 valence electrons. The highest BCUT2D eigenvalue weighted by Gasteiger charge is 2.30. The summed E-state index contributed by atoms with van der Waals surface area (Å²) in [5.41, 5.74) is 5.96. The summed E-state index contributed by atoms with van der Waals surface area (Å²) in [4.78, 5) is 2.68. The van der Waals surface area contributed by atoms with Crippen LogP contribution in [0.4, 0.5) is 0 Å². The Labute approximate surface area is 81.5 Å². The van der Waals surface area contributed by atoms with Gasteiger partial charge in [-0.25, -0.2) is 0 Å². The van der Waals surface area contributed by atoms with Crippen LogP contribution in [0.15, 0.2) is 0 Å². The highest BCUT2D eigenvalue weighted by molar-refractivity contribution is 4.86. The lowest BCUT2D eigenvalue weighted by molar-refractivity contribution is 0.0710. The average molecular weight is 182 g/mol. The van der Waals surface area contributed by atoms with Gasteiger partial charge < -0.3 is 10.6 Å². The van der Waals surface area contributed by atoms with Gasteiger partial charge in [-0.2, -0.15) is 0 Å². The summed E-state index contributed by atoms with van der Waals surface area (Å²) in [6.45, 7) is 4.76. The molecule has 1 saturated heterocycles. The van der Waals surface area contributed by atoms with Crippen LogP contribution in [0.25, 0.3) is 0 Å². The van der Waals surface area contributed by atoms with Crippen molar-refractivity contribution in [3.8, 4) is 0 Å². The van der Waals surface area contributed by atoms with Gasteiger partial charge >= 0.3 is 0 Å². The van der Waals surface area contributed by atoms with Crippen molar-refractivity contribution in [2.75, 3.05) is 13.1 Å². The van der Waals surface area contributed by atoms with Crippen molar-refractivity contribution in [2.45, 2.75) is 51.1 Å². The van der Waals surface area contributed by atoms with Gasteiger partial charge in [0.05, 0.1) is 0 Å². The van der Waals surface area contributed by atoms with E-state index in [4.69, 9.17) is 5.73 Å². The van der Waals surface area contributed by atoms with Crippen molar-refractivity contribution >= 4 is 0 Å². The lowest BCUT2D eigenvalue weighted by atomic mass is 9.86. The number of likely N-dealkylation sites (tertiary alicyclic amines) is 1. The van der Waals surface area contributed by atoms with E-state index < -0.39 is 0 Å². The Morgan fingerprint density at radius 2 is 2.00 bits per heavy atom. The molecule has 0 amide bonds. The van der Waals surface area contributed by atoms with E-state index in [9.17, 15) is 0 Å². The molecule has 2 rings (SSSR count). The molecule has 2 fully saturated rings. The SMILES string of the molecule is CC(N)C1CCCN(C2CCC2)C1. The first-order valence-electron chi connectivity index (χ1n) is 5.77. The molecule has 1 aliphatic carbocycles. The molecule has 13 heavy (non-hydrogen) atoms. The average Bonchev–Trinajstić information content (AvgIpc) is 2.01. The van der Waals surface area contributed by atoms with E-state index in [-0.39, 0.29) is 0 Å². The molecule has 1 heterocycles. The molecule has 0 aromatic rings. The van der Waals surface area contributed by atoms with E-state index >= 15 is 0 Å². The zero-order valence-corrected chi connectivity index (χ0v) is 8.71. The van der Waals surface area contributed by atoms with Crippen LogP contribution in [-0.4, -0.2) is 30.1 Å². The van der Waals surface area contributed by atoms with Crippen molar-refractivity contribution in [3.63, 3.8) is 0 Å². The van der Waals surface area contributed by atoms with Crippen molar-refractivity contribution in [1.29, 1.82) is 0 Å². The lowest BCUT2D eigenvalue weighted by Gasteiger charge is -2.43. The molecule has 1 saturated carbocycles. The third kappa shape index (κ3) is 2.05. The molecule has 0 aromatic heterocycles. The first-order valence-corrected chi connectivity index (χ1v) is 5.77. The van der Waals surface area contributed by atoms with Gasteiger partial charge in [-0.3, -0.25) is 0 Å². The highest BCUT2D eigenvalue weighted by Crippen LogP contribution is 2.29. The van der Waals surface area contributed by atoms with Crippen molar-refractivity contribution in [2.24, 2.45) is 11.7 Å². The maximum Gasteiger partial charge on any atom is 0.00954 e. The Balaban J connectivity index is 1.84. The number of nitrogens with zero attached hydrogens (tertiary/aromatic N) is 1. The van der Waals surface area contributed by atoms with E-state index in [0.717, 1.165) is 12.0 Å². The van der Waals surface area contributed by atoms with Crippen LogP contribution in [0.5, 0.6) is 0 Å². The second kappa shape index (κ2) is 3.97. The molecule has 2 atom stereocenters. The van der Waals surface area contributed by atoms with E-state index in [1.807, 2.05) is 0 Å². The Morgan fingerprint density at radius 1 is 1.23 bits per heavy atom. The predicted octanol–water partition coefficient (Wildman–Crippen LogP) is 1.60. The minimum atomic E-state index is 0.392. The van der Waals surface area contributed by atoms with Crippen molar-refractivity contribution < 1.29 is 0 Å². The summed E-state index contributed by atoms with van der Waals surface area (Å²) in [7, 11) is 0. The maximum absolute atomic E-state index is 5.96. The third-order valence-corrected chi connectivity index (χ3v) is 3.82. The second-order valence-electron chi connectivity index (χ2n) is 4.84. The zero-order valence-electron chi connectivity index (χ0n) is 8.71. The molecule has 0 spiro atoms. The molecular weight excluding hydrogens is 160 g/mol. The van der Waals surface area contributed by atoms with Crippen LogP contribution in [0, 0.1) is 5.92 Å². The number of nitrogens with two attached hydrogens (primary N) is 1. The molecular formula is C11H22N2. The molecule has 2 N–H and O–H groups in total. The smallest absolute Gasteiger partial charge is 0.00954 e. The first-order chi connectivity index (χ1) is 6.27.